The lowest BCUT2D eigenvalue weighted by Gasteiger charge is -2.10. The summed E-state index contributed by atoms with van der Waals surface area (Å²) in [6.45, 7) is 0.524. The average Bonchev–Trinajstić information content (AvgIpc) is 2.77. The molecule has 30 heavy (non-hydrogen) atoms. The van der Waals surface area contributed by atoms with Crippen molar-refractivity contribution in [2.24, 2.45) is 0 Å². The van der Waals surface area contributed by atoms with E-state index in [0.717, 1.165) is 5.39 Å². The predicted octanol–water partition coefficient (Wildman–Crippen LogP) is 2.55. The Morgan fingerprint density at radius 2 is 1.60 bits per heavy atom. The van der Waals surface area contributed by atoms with E-state index >= 15 is 0 Å². The molecule has 3 aromatic heterocycles. The summed E-state index contributed by atoms with van der Waals surface area (Å²) in [5.41, 5.74) is 0.446. The molecule has 0 bridgehead atoms. The minimum absolute atomic E-state index is 0.157. The van der Waals surface area contributed by atoms with Gasteiger partial charge in [-0.25, -0.2) is 28.1 Å². The minimum Gasteiger partial charge on any atom is -0.369 e. The lowest BCUT2D eigenvalue weighted by atomic mass is 10.2. The van der Waals surface area contributed by atoms with E-state index in [0.29, 0.717) is 29.5 Å². The summed E-state index contributed by atoms with van der Waals surface area (Å²) in [6, 6.07) is 15.9. The molecule has 0 aliphatic carbocycles. The van der Waals surface area contributed by atoms with Crippen molar-refractivity contribution in [3.05, 3.63) is 73.3 Å². The second-order valence-electron chi connectivity index (χ2n) is 6.28. The fourth-order valence-electron chi connectivity index (χ4n) is 2.84. The van der Waals surface area contributed by atoms with Crippen LogP contribution in [0.3, 0.4) is 0 Å². The zero-order chi connectivity index (χ0) is 20.8. The number of benzene rings is 1. The zero-order valence-electron chi connectivity index (χ0n) is 15.9. The van der Waals surface area contributed by atoms with Gasteiger partial charge in [-0.15, -0.1) is 0 Å². The number of hydrogen-bond donors (Lipinski definition) is 3. The third-order valence-corrected chi connectivity index (χ3v) is 5.69. The molecule has 0 atom stereocenters. The Morgan fingerprint density at radius 3 is 2.47 bits per heavy atom. The molecule has 9 nitrogen and oxygen atoms in total. The van der Waals surface area contributed by atoms with Gasteiger partial charge < -0.3 is 10.6 Å². The summed E-state index contributed by atoms with van der Waals surface area (Å²) in [7, 11) is -3.70. The molecule has 0 spiro atoms. The molecule has 0 unspecified atom stereocenters. The standard InChI is InChI=1S/C20H19N7O2S/c28-30(29,16-7-3-5-15-6-4-10-23-20(15)16)26-12-11-22-18-13-19(25-14-24-18)27-17-8-1-2-9-21-17/h1-10,13-14,26H,11-12H2,(H2,21,22,24,25,27). The molecule has 0 saturated heterocycles. The van der Waals surface area contributed by atoms with Crippen molar-refractivity contribution in [3.63, 3.8) is 0 Å². The summed E-state index contributed by atoms with van der Waals surface area (Å²) in [5, 5.41) is 6.93. The Hall–Kier alpha value is -3.63. The van der Waals surface area contributed by atoms with Crippen molar-refractivity contribution in [1.82, 2.24) is 24.7 Å². The molecule has 0 fully saturated rings. The molecule has 3 heterocycles. The topological polar surface area (TPSA) is 122 Å². The van der Waals surface area contributed by atoms with E-state index in [1.807, 2.05) is 30.3 Å². The summed E-state index contributed by atoms with van der Waals surface area (Å²) >= 11 is 0. The van der Waals surface area contributed by atoms with Crippen LogP contribution in [0.5, 0.6) is 0 Å². The molecule has 10 heteroatoms. The molecule has 0 amide bonds. The van der Waals surface area contributed by atoms with E-state index in [1.54, 1.807) is 36.7 Å². The molecular weight excluding hydrogens is 402 g/mol. The van der Waals surface area contributed by atoms with Gasteiger partial charge in [-0.3, -0.25) is 4.98 Å². The normalized spacial score (nSPS) is 11.3. The van der Waals surface area contributed by atoms with Gasteiger partial charge >= 0.3 is 0 Å². The van der Waals surface area contributed by atoms with Crippen LogP contribution in [0.2, 0.25) is 0 Å². The molecule has 4 aromatic rings. The molecule has 0 radical (unpaired) electrons. The van der Waals surface area contributed by atoms with E-state index in [9.17, 15) is 8.42 Å². The van der Waals surface area contributed by atoms with Gasteiger partial charge in [0.15, 0.2) is 0 Å². The van der Waals surface area contributed by atoms with Crippen LogP contribution in [0.4, 0.5) is 17.5 Å². The van der Waals surface area contributed by atoms with Crippen LogP contribution < -0.4 is 15.4 Å². The zero-order valence-corrected chi connectivity index (χ0v) is 16.7. The highest BCUT2D eigenvalue weighted by molar-refractivity contribution is 7.89. The number of nitrogens with zero attached hydrogens (tertiary/aromatic N) is 4. The van der Waals surface area contributed by atoms with Gasteiger partial charge in [-0.05, 0) is 24.3 Å². The summed E-state index contributed by atoms with van der Waals surface area (Å²) < 4.78 is 28.0. The number of nitrogens with one attached hydrogen (secondary N) is 3. The highest BCUT2D eigenvalue weighted by Crippen LogP contribution is 2.20. The maximum Gasteiger partial charge on any atom is 0.242 e. The van der Waals surface area contributed by atoms with Crippen molar-refractivity contribution in [2.75, 3.05) is 23.7 Å². The maximum atomic E-state index is 12.7. The third-order valence-electron chi connectivity index (χ3n) is 4.20. The number of fused-ring (bicyclic) bond motifs is 1. The number of para-hydroxylation sites is 1. The van der Waals surface area contributed by atoms with E-state index < -0.39 is 10.0 Å². The van der Waals surface area contributed by atoms with Gasteiger partial charge in [0.2, 0.25) is 10.0 Å². The first-order valence-corrected chi connectivity index (χ1v) is 10.7. The number of sulfonamides is 1. The smallest absolute Gasteiger partial charge is 0.242 e. The lowest BCUT2D eigenvalue weighted by Crippen LogP contribution is -2.29. The summed E-state index contributed by atoms with van der Waals surface area (Å²) in [4.78, 5) is 16.8. The number of rotatable bonds is 8. The average molecular weight is 421 g/mol. The highest BCUT2D eigenvalue weighted by Gasteiger charge is 2.17. The monoisotopic (exact) mass is 421 g/mol. The fraction of sp³-hybridized carbons (Fsp3) is 0.100. The van der Waals surface area contributed by atoms with Crippen LogP contribution in [-0.4, -0.2) is 41.4 Å². The van der Waals surface area contributed by atoms with Gasteiger partial charge in [0, 0.05) is 36.9 Å². The quantitative estimate of drug-likeness (QED) is 0.371. The number of anilines is 3. The second kappa shape index (κ2) is 8.80. The van der Waals surface area contributed by atoms with Crippen molar-refractivity contribution in [3.8, 4) is 0 Å². The SMILES string of the molecule is O=S(=O)(NCCNc1cc(Nc2ccccn2)ncn1)c1cccc2cccnc12. The highest BCUT2D eigenvalue weighted by atomic mass is 32.2. The lowest BCUT2D eigenvalue weighted by molar-refractivity contribution is 0.583. The Balaban J connectivity index is 1.36. The number of pyridine rings is 2. The molecule has 0 aliphatic heterocycles. The van der Waals surface area contributed by atoms with Crippen molar-refractivity contribution in [1.29, 1.82) is 0 Å². The summed E-state index contributed by atoms with van der Waals surface area (Å²) in [6.07, 6.45) is 4.68. The molecule has 152 valence electrons. The first-order valence-electron chi connectivity index (χ1n) is 9.19. The Morgan fingerprint density at radius 1 is 0.767 bits per heavy atom. The molecule has 0 saturated carbocycles. The maximum absolute atomic E-state index is 12.7. The first kappa shape index (κ1) is 19.7. The third kappa shape index (κ3) is 4.67. The number of aromatic nitrogens is 4. The predicted molar refractivity (Wildman–Crippen MR) is 115 cm³/mol. The minimum atomic E-state index is -3.70. The summed E-state index contributed by atoms with van der Waals surface area (Å²) in [5.74, 6) is 1.81. The van der Waals surface area contributed by atoms with Crippen LogP contribution in [0.25, 0.3) is 10.9 Å². The Labute approximate surface area is 173 Å². The van der Waals surface area contributed by atoms with Crippen LogP contribution in [0.15, 0.2) is 78.2 Å². The van der Waals surface area contributed by atoms with Crippen LogP contribution in [-0.2, 0) is 10.0 Å². The van der Waals surface area contributed by atoms with Crippen LogP contribution >= 0.6 is 0 Å². The van der Waals surface area contributed by atoms with Gasteiger partial charge in [-0.2, -0.15) is 0 Å². The van der Waals surface area contributed by atoms with Gasteiger partial charge in [0.05, 0.1) is 5.52 Å². The molecule has 4 rings (SSSR count). The fourth-order valence-corrected chi connectivity index (χ4v) is 4.05. The van der Waals surface area contributed by atoms with E-state index in [4.69, 9.17) is 0 Å². The molecule has 1 aromatic carbocycles. The van der Waals surface area contributed by atoms with Gasteiger partial charge in [-0.1, -0.05) is 24.3 Å². The first-order chi connectivity index (χ1) is 14.6. The van der Waals surface area contributed by atoms with Crippen LogP contribution in [0, 0.1) is 0 Å². The number of hydrogen-bond acceptors (Lipinski definition) is 8. The van der Waals surface area contributed by atoms with E-state index in [2.05, 4.69) is 35.3 Å². The molecule has 3 N–H and O–H groups in total. The molecule has 0 aliphatic rings. The largest absolute Gasteiger partial charge is 0.369 e. The van der Waals surface area contributed by atoms with Gasteiger partial charge in [0.1, 0.15) is 28.7 Å². The van der Waals surface area contributed by atoms with Crippen molar-refractivity contribution in [2.45, 2.75) is 4.90 Å². The molecular formula is C20H19N7O2S. The van der Waals surface area contributed by atoms with Crippen LogP contribution in [0.1, 0.15) is 0 Å². The van der Waals surface area contributed by atoms with Crippen molar-refractivity contribution < 1.29 is 8.42 Å². The van der Waals surface area contributed by atoms with E-state index in [-0.39, 0.29) is 11.4 Å². The van der Waals surface area contributed by atoms with Gasteiger partial charge in [0.25, 0.3) is 0 Å². The Kier molecular flexibility index (Phi) is 5.77. The van der Waals surface area contributed by atoms with E-state index in [1.165, 1.54) is 6.33 Å². The second-order valence-corrected chi connectivity index (χ2v) is 8.02. The Bertz CT molecular complexity index is 1240. The van der Waals surface area contributed by atoms with Crippen molar-refractivity contribution >= 4 is 38.4 Å².